The van der Waals surface area contributed by atoms with Crippen LogP contribution in [0, 0.1) is 0 Å². The van der Waals surface area contributed by atoms with Crippen molar-refractivity contribution in [2.45, 2.75) is 0 Å². The van der Waals surface area contributed by atoms with Gasteiger partial charge in [0.2, 0.25) is 0 Å². The highest BCUT2D eigenvalue weighted by atomic mass is 15.1. The summed E-state index contributed by atoms with van der Waals surface area (Å²) >= 11 is 0. The summed E-state index contributed by atoms with van der Waals surface area (Å²) in [5.41, 5.74) is 3.02. The Morgan fingerprint density at radius 1 is 0.667 bits per heavy atom. The lowest BCUT2D eigenvalue weighted by molar-refractivity contribution is 1.26. The van der Waals surface area contributed by atoms with Gasteiger partial charge < -0.3 is 5.32 Å². The lowest BCUT2D eigenvalue weighted by Crippen LogP contribution is -1.93. The van der Waals surface area contributed by atoms with E-state index in [1.807, 2.05) is 48.7 Å². The normalized spacial score (nSPS) is 11.3. The zero-order valence-corrected chi connectivity index (χ0v) is 12.8. The molecule has 0 aliphatic heterocycles. The first-order chi connectivity index (χ1) is 11.9. The summed E-state index contributed by atoms with van der Waals surface area (Å²) in [6.45, 7) is 0. The molecule has 0 unspecified atom stereocenters. The van der Waals surface area contributed by atoms with Gasteiger partial charge >= 0.3 is 0 Å². The Labute approximate surface area is 138 Å². The van der Waals surface area contributed by atoms with Crippen molar-refractivity contribution < 1.29 is 0 Å². The van der Waals surface area contributed by atoms with Crippen molar-refractivity contribution in [2.75, 3.05) is 5.32 Å². The number of imidazole rings is 1. The quantitative estimate of drug-likeness (QED) is 0.510. The van der Waals surface area contributed by atoms with Gasteiger partial charge in [0, 0.05) is 5.39 Å². The van der Waals surface area contributed by atoms with Gasteiger partial charge in [-0.2, -0.15) is 0 Å². The van der Waals surface area contributed by atoms with Crippen molar-refractivity contribution >= 4 is 39.1 Å². The first-order valence-corrected chi connectivity index (χ1v) is 7.86. The molecule has 0 saturated carbocycles. The van der Waals surface area contributed by atoms with Crippen LogP contribution in [0.15, 0.2) is 79.0 Å². The second-order valence-electron chi connectivity index (χ2n) is 5.76. The molecule has 0 radical (unpaired) electrons. The van der Waals surface area contributed by atoms with E-state index in [1.165, 1.54) is 5.39 Å². The third-order valence-corrected chi connectivity index (χ3v) is 4.20. The lowest BCUT2D eigenvalue weighted by atomic mass is 10.2. The molecule has 114 valence electrons. The molecule has 5 rings (SSSR count). The molecular weight excluding hydrogens is 296 g/mol. The Hall–Kier alpha value is -3.40. The monoisotopic (exact) mass is 310 g/mol. The van der Waals surface area contributed by atoms with Gasteiger partial charge in [0.15, 0.2) is 5.82 Å². The van der Waals surface area contributed by atoms with Crippen molar-refractivity contribution in [1.29, 1.82) is 0 Å². The fraction of sp³-hybridized carbons (Fsp3) is 0. The summed E-state index contributed by atoms with van der Waals surface area (Å²) in [5.74, 6) is 1.58. The molecule has 4 heteroatoms. The Balaban J connectivity index is 1.59. The van der Waals surface area contributed by atoms with E-state index in [-0.39, 0.29) is 0 Å². The molecule has 24 heavy (non-hydrogen) atoms. The number of hydrogen-bond donors (Lipinski definition) is 1. The molecule has 0 aliphatic carbocycles. The van der Waals surface area contributed by atoms with Crippen LogP contribution >= 0.6 is 0 Å². The predicted molar refractivity (Wildman–Crippen MR) is 97.7 cm³/mol. The van der Waals surface area contributed by atoms with E-state index in [2.05, 4.69) is 50.0 Å². The van der Waals surface area contributed by atoms with E-state index in [0.29, 0.717) is 0 Å². The minimum Gasteiger partial charge on any atom is -0.324 e. The Kier molecular flexibility index (Phi) is 2.76. The molecule has 5 aromatic rings. The molecule has 0 spiro atoms. The maximum atomic E-state index is 4.65. The lowest BCUT2D eigenvalue weighted by Gasteiger charge is -2.03. The average molecular weight is 310 g/mol. The molecule has 0 amide bonds. The van der Waals surface area contributed by atoms with Crippen LogP contribution in [0.2, 0.25) is 0 Å². The number of hydrogen-bond acceptors (Lipinski definition) is 3. The summed E-state index contributed by atoms with van der Waals surface area (Å²) in [6.07, 6.45) is 2.01. The maximum Gasteiger partial charge on any atom is 0.150 e. The van der Waals surface area contributed by atoms with Crippen molar-refractivity contribution in [2.24, 2.45) is 0 Å². The van der Waals surface area contributed by atoms with E-state index in [9.17, 15) is 0 Å². The van der Waals surface area contributed by atoms with Crippen LogP contribution in [0.4, 0.5) is 11.6 Å². The minimum absolute atomic E-state index is 0.786. The van der Waals surface area contributed by atoms with Crippen molar-refractivity contribution in [3.63, 3.8) is 0 Å². The Morgan fingerprint density at radius 2 is 1.46 bits per heavy atom. The molecular formula is C20H14N4. The van der Waals surface area contributed by atoms with Crippen LogP contribution in [0.5, 0.6) is 0 Å². The number of anilines is 2. The third kappa shape index (κ3) is 2.08. The molecule has 2 aromatic carbocycles. The SMILES string of the molecule is c1ccc2nc(Nc3cn4c(ccc5ccccc54)n3)ccc2c1. The highest BCUT2D eigenvalue weighted by Crippen LogP contribution is 2.22. The second kappa shape index (κ2) is 5.06. The number of para-hydroxylation sites is 2. The van der Waals surface area contributed by atoms with Crippen LogP contribution in [0.3, 0.4) is 0 Å². The second-order valence-corrected chi connectivity index (χ2v) is 5.76. The van der Waals surface area contributed by atoms with E-state index in [0.717, 1.165) is 33.7 Å². The third-order valence-electron chi connectivity index (χ3n) is 4.20. The molecule has 0 atom stereocenters. The topological polar surface area (TPSA) is 42.2 Å². The number of aromatic nitrogens is 3. The van der Waals surface area contributed by atoms with Gasteiger partial charge in [-0.15, -0.1) is 0 Å². The predicted octanol–water partition coefficient (Wildman–Crippen LogP) is 4.78. The minimum atomic E-state index is 0.786. The molecule has 0 saturated heterocycles. The van der Waals surface area contributed by atoms with Crippen molar-refractivity contribution in [3.05, 3.63) is 79.0 Å². The van der Waals surface area contributed by atoms with Crippen LogP contribution in [-0.2, 0) is 0 Å². The van der Waals surface area contributed by atoms with Crippen LogP contribution in [0.1, 0.15) is 0 Å². The number of rotatable bonds is 2. The molecule has 1 N–H and O–H groups in total. The van der Waals surface area contributed by atoms with Gasteiger partial charge in [-0.3, -0.25) is 4.40 Å². The Morgan fingerprint density at radius 3 is 2.42 bits per heavy atom. The standard InChI is InChI=1S/C20H14N4/c1-3-7-16-14(5-1)9-11-18(21-16)22-19-13-24-17-8-4-2-6-15(17)10-12-20(24)23-19/h1-13H,(H,21,22). The molecule has 3 aromatic heterocycles. The van der Waals surface area contributed by atoms with E-state index >= 15 is 0 Å². The first kappa shape index (κ1) is 13.1. The highest BCUT2D eigenvalue weighted by Gasteiger charge is 2.06. The van der Waals surface area contributed by atoms with E-state index in [4.69, 9.17) is 0 Å². The van der Waals surface area contributed by atoms with Gasteiger partial charge in [0.05, 0.1) is 17.2 Å². The molecule has 4 nitrogen and oxygen atoms in total. The maximum absolute atomic E-state index is 4.65. The molecule has 3 heterocycles. The number of pyridine rings is 2. The summed E-state index contributed by atoms with van der Waals surface area (Å²) in [6, 6.07) is 24.5. The highest BCUT2D eigenvalue weighted by molar-refractivity contribution is 5.83. The molecule has 0 aliphatic rings. The van der Waals surface area contributed by atoms with Crippen LogP contribution in [-0.4, -0.2) is 14.4 Å². The van der Waals surface area contributed by atoms with Crippen molar-refractivity contribution in [3.8, 4) is 0 Å². The van der Waals surface area contributed by atoms with Gasteiger partial charge in [-0.1, -0.05) is 36.4 Å². The van der Waals surface area contributed by atoms with E-state index < -0.39 is 0 Å². The number of benzene rings is 2. The van der Waals surface area contributed by atoms with Crippen LogP contribution in [0.25, 0.3) is 27.5 Å². The van der Waals surface area contributed by atoms with E-state index in [1.54, 1.807) is 0 Å². The first-order valence-electron chi connectivity index (χ1n) is 7.86. The number of nitrogens with zero attached hydrogens (tertiary/aromatic N) is 3. The van der Waals surface area contributed by atoms with Gasteiger partial charge in [-0.25, -0.2) is 9.97 Å². The summed E-state index contributed by atoms with van der Waals surface area (Å²) < 4.78 is 2.10. The van der Waals surface area contributed by atoms with Crippen molar-refractivity contribution in [1.82, 2.24) is 14.4 Å². The summed E-state index contributed by atoms with van der Waals surface area (Å²) in [7, 11) is 0. The zero-order chi connectivity index (χ0) is 15.9. The van der Waals surface area contributed by atoms with Gasteiger partial charge in [-0.05, 0) is 41.8 Å². The van der Waals surface area contributed by atoms with Gasteiger partial charge in [0.25, 0.3) is 0 Å². The largest absolute Gasteiger partial charge is 0.324 e. The Bertz CT molecular complexity index is 1190. The zero-order valence-electron chi connectivity index (χ0n) is 12.8. The number of nitrogens with one attached hydrogen (secondary N) is 1. The number of fused-ring (bicyclic) bond motifs is 4. The fourth-order valence-electron chi connectivity index (χ4n) is 3.04. The molecule has 0 fully saturated rings. The summed E-state index contributed by atoms with van der Waals surface area (Å²) in [4.78, 5) is 9.29. The fourth-order valence-corrected chi connectivity index (χ4v) is 3.04. The average Bonchev–Trinajstić information content (AvgIpc) is 3.04. The van der Waals surface area contributed by atoms with Crippen LogP contribution < -0.4 is 5.32 Å². The summed E-state index contributed by atoms with van der Waals surface area (Å²) in [5, 5.41) is 5.63. The smallest absolute Gasteiger partial charge is 0.150 e. The molecule has 0 bridgehead atoms. The van der Waals surface area contributed by atoms with Gasteiger partial charge in [0.1, 0.15) is 11.5 Å².